The maximum atomic E-state index is 11.8. The summed E-state index contributed by atoms with van der Waals surface area (Å²) in [5.41, 5.74) is 0.940. The van der Waals surface area contributed by atoms with E-state index in [0.717, 1.165) is 17.1 Å². The lowest BCUT2D eigenvalue weighted by molar-refractivity contribution is -0.120. The number of hydrogen-bond acceptors (Lipinski definition) is 3. The fourth-order valence-corrected chi connectivity index (χ4v) is 1.79. The van der Waals surface area contributed by atoms with Gasteiger partial charge in [0.1, 0.15) is 11.6 Å². The van der Waals surface area contributed by atoms with Crippen LogP contribution < -0.4 is 10.1 Å². The zero-order valence-corrected chi connectivity index (χ0v) is 10.8. The molecule has 1 heterocycles. The van der Waals surface area contributed by atoms with Crippen LogP contribution in [0.15, 0.2) is 36.7 Å². The quantitative estimate of drug-likeness (QED) is 0.822. The first-order chi connectivity index (χ1) is 9.28. The first kappa shape index (κ1) is 13.1. The molecule has 1 aromatic heterocycles. The normalized spacial score (nSPS) is 10.2. The largest absolute Gasteiger partial charge is 0.497 e. The lowest BCUT2D eigenvalue weighted by Gasteiger charge is -2.06. The molecule has 0 atom stereocenters. The molecule has 0 aliphatic heterocycles. The summed E-state index contributed by atoms with van der Waals surface area (Å²) in [5, 5.41) is 2.87. The van der Waals surface area contributed by atoms with Gasteiger partial charge in [-0.2, -0.15) is 0 Å². The third kappa shape index (κ3) is 4.13. The Morgan fingerprint density at radius 1 is 1.47 bits per heavy atom. The van der Waals surface area contributed by atoms with Crippen molar-refractivity contribution < 1.29 is 9.53 Å². The molecule has 5 nitrogen and oxygen atoms in total. The summed E-state index contributed by atoms with van der Waals surface area (Å²) in [5.74, 6) is 1.64. The number of carbonyl (C=O) groups is 1. The van der Waals surface area contributed by atoms with Crippen molar-refractivity contribution >= 4 is 5.91 Å². The molecule has 0 aliphatic carbocycles. The number of nitrogens with one attached hydrogen (secondary N) is 2. The topological polar surface area (TPSA) is 67.0 Å². The first-order valence-corrected chi connectivity index (χ1v) is 6.16. The van der Waals surface area contributed by atoms with Gasteiger partial charge in [-0.1, -0.05) is 12.1 Å². The van der Waals surface area contributed by atoms with Gasteiger partial charge in [-0.3, -0.25) is 4.79 Å². The molecule has 0 saturated carbocycles. The molecular weight excluding hydrogens is 242 g/mol. The number of H-pyrrole nitrogens is 1. The van der Waals surface area contributed by atoms with Crippen LogP contribution in [0.2, 0.25) is 0 Å². The van der Waals surface area contributed by atoms with Crippen molar-refractivity contribution in [1.29, 1.82) is 0 Å². The number of aromatic nitrogens is 2. The number of nitrogens with zero attached hydrogens (tertiary/aromatic N) is 1. The number of imidazole rings is 1. The van der Waals surface area contributed by atoms with Crippen LogP contribution >= 0.6 is 0 Å². The average molecular weight is 259 g/mol. The van der Waals surface area contributed by atoms with Crippen LogP contribution in [0.4, 0.5) is 0 Å². The van der Waals surface area contributed by atoms with Gasteiger partial charge in [0, 0.05) is 25.4 Å². The van der Waals surface area contributed by atoms with Crippen LogP contribution in [0, 0.1) is 0 Å². The van der Waals surface area contributed by atoms with Gasteiger partial charge in [0.25, 0.3) is 0 Å². The summed E-state index contributed by atoms with van der Waals surface area (Å²) in [6.07, 6.45) is 4.53. The van der Waals surface area contributed by atoms with Crippen molar-refractivity contribution in [3.8, 4) is 5.75 Å². The summed E-state index contributed by atoms with van der Waals surface area (Å²) in [6, 6.07) is 7.52. The molecule has 0 aliphatic rings. The number of ether oxygens (including phenoxy) is 1. The number of methoxy groups -OCH3 is 1. The molecule has 2 rings (SSSR count). The van der Waals surface area contributed by atoms with E-state index in [9.17, 15) is 4.79 Å². The van der Waals surface area contributed by atoms with Crippen LogP contribution in [0.5, 0.6) is 5.75 Å². The molecule has 1 aromatic carbocycles. The summed E-state index contributed by atoms with van der Waals surface area (Å²) in [4.78, 5) is 18.9. The minimum Gasteiger partial charge on any atom is -0.497 e. The molecule has 0 spiro atoms. The van der Waals surface area contributed by atoms with E-state index in [2.05, 4.69) is 15.3 Å². The third-order valence-corrected chi connectivity index (χ3v) is 2.74. The predicted molar refractivity (Wildman–Crippen MR) is 72.0 cm³/mol. The summed E-state index contributed by atoms with van der Waals surface area (Å²) in [6.45, 7) is 0.580. The number of amides is 1. The standard InChI is InChI=1S/C14H17N3O2/c1-19-12-4-2-3-11(9-12)10-14(18)17-6-5-13-15-7-8-16-13/h2-4,7-9H,5-6,10H2,1H3,(H,15,16)(H,17,18). The maximum absolute atomic E-state index is 11.8. The lowest BCUT2D eigenvalue weighted by atomic mass is 10.1. The van der Waals surface area contributed by atoms with Gasteiger partial charge in [0.2, 0.25) is 5.91 Å². The van der Waals surface area contributed by atoms with E-state index in [1.165, 1.54) is 0 Å². The molecule has 2 N–H and O–H groups in total. The molecule has 0 fully saturated rings. The van der Waals surface area contributed by atoms with E-state index in [1.54, 1.807) is 19.5 Å². The summed E-state index contributed by atoms with van der Waals surface area (Å²) >= 11 is 0. The van der Waals surface area contributed by atoms with Gasteiger partial charge in [0.05, 0.1) is 13.5 Å². The average Bonchev–Trinajstić information content (AvgIpc) is 2.92. The number of rotatable bonds is 6. The molecule has 0 radical (unpaired) electrons. The van der Waals surface area contributed by atoms with Crippen LogP contribution in [0.1, 0.15) is 11.4 Å². The highest BCUT2D eigenvalue weighted by atomic mass is 16.5. The molecule has 19 heavy (non-hydrogen) atoms. The maximum Gasteiger partial charge on any atom is 0.224 e. The lowest BCUT2D eigenvalue weighted by Crippen LogP contribution is -2.27. The molecule has 0 unspecified atom stereocenters. The van der Waals surface area contributed by atoms with Crippen molar-refractivity contribution in [3.05, 3.63) is 48.0 Å². The Hall–Kier alpha value is -2.30. The third-order valence-electron chi connectivity index (χ3n) is 2.74. The van der Waals surface area contributed by atoms with Crippen LogP contribution in [0.25, 0.3) is 0 Å². The highest BCUT2D eigenvalue weighted by Crippen LogP contribution is 2.12. The Balaban J connectivity index is 1.77. The zero-order chi connectivity index (χ0) is 13.5. The van der Waals surface area contributed by atoms with Crippen molar-refractivity contribution in [3.63, 3.8) is 0 Å². The molecule has 0 bridgehead atoms. The Labute approximate surface area is 112 Å². The molecule has 2 aromatic rings. The second-order valence-corrected chi connectivity index (χ2v) is 4.16. The van der Waals surface area contributed by atoms with E-state index < -0.39 is 0 Å². The van der Waals surface area contributed by atoms with E-state index >= 15 is 0 Å². The Morgan fingerprint density at radius 2 is 2.37 bits per heavy atom. The minimum absolute atomic E-state index is 0.000177. The zero-order valence-electron chi connectivity index (χ0n) is 10.8. The van der Waals surface area contributed by atoms with Gasteiger partial charge in [-0.15, -0.1) is 0 Å². The highest BCUT2D eigenvalue weighted by Gasteiger charge is 2.04. The van der Waals surface area contributed by atoms with E-state index in [1.807, 2.05) is 24.3 Å². The smallest absolute Gasteiger partial charge is 0.224 e. The predicted octanol–water partition coefficient (Wildman–Crippen LogP) is 1.32. The first-order valence-electron chi connectivity index (χ1n) is 6.16. The van der Waals surface area contributed by atoms with Crippen LogP contribution in [0.3, 0.4) is 0 Å². The van der Waals surface area contributed by atoms with Crippen molar-refractivity contribution in [2.24, 2.45) is 0 Å². The second-order valence-electron chi connectivity index (χ2n) is 4.16. The van der Waals surface area contributed by atoms with Gasteiger partial charge in [-0.25, -0.2) is 4.98 Å². The molecular formula is C14H17N3O2. The summed E-state index contributed by atoms with van der Waals surface area (Å²) in [7, 11) is 1.61. The number of benzene rings is 1. The minimum atomic E-state index is -0.000177. The van der Waals surface area contributed by atoms with Gasteiger partial charge in [-0.05, 0) is 17.7 Å². The number of aromatic amines is 1. The van der Waals surface area contributed by atoms with Crippen LogP contribution in [-0.4, -0.2) is 29.5 Å². The Morgan fingerprint density at radius 3 is 3.11 bits per heavy atom. The highest BCUT2D eigenvalue weighted by molar-refractivity contribution is 5.78. The molecule has 1 amide bonds. The molecule has 5 heteroatoms. The summed E-state index contributed by atoms with van der Waals surface area (Å²) < 4.78 is 5.12. The van der Waals surface area contributed by atoms with E-state index in [0.29, 0.717) is 19.4 Å². The van der Waals surface area contributed by atoms with Crippen molar-refractivity contribution in [1.82, 2.24) is 15.3 Å². The SMILES string of the molecule is COc1cccc(CC(=O)NCCc2ncc[nH]2)c1. The Kier molecular flexibility index (Phi) is 4.55. The van der Waals surface area contributed by atoms with Crippen molar-refractivity contribution in [2.75, 3.05) is 13.7 Å². The fraction of sp³-hybridized carbons (Fsp3) is 0.286. The van der Waals surface area contributed by atoms with Crippen molar-refractivity contribution in [2.45, 2.75) is 12.8 Å². The Bertz CT molecular complexity index is 523. The van der Waals surface area contributed by atoms with Gasteiger partial charge >= 0.3 is 0 Å². The van der Waals surface area contributed by atoms with Gasteiger partial charge in [0.15, 0.2) is 0 Å². The molecule has 0 saturated heterocycles. The molecule has 100 valence electrons. The number of hydrogen-bond donors (Lipinski definition) is 2. The monoisotopic (exact) mass is 259 g/mol. The van der Waals surface area contributed by atoms with Gasteiger partial charge < -0.3 is 15.0 Å². The fourth-order valence-electron chi connectivity index (χ4n) is 1.79. The second kappa shape index (κ2) is 6.58. The number of carbonyl (C=O) groups excluding carboxylic acids is 1. The van der Waals surface area contributed by atoms with E-state index in [-0.39, 0.29) is 5.91 Å². The van der Waals surface area contributed by atoms with Crippen LogP contribution in [-0.2, 0) is 17.6 Å². The van der Waals surface area contributed by atoms with E-state index in [4.69, 9.17) is 4.74 Å².